The number of hydrogen-bond acceptors (Lipinski definition) is 3. The smallest absolute Gasteiger partial charge is 0.0926 e. The Kier molecular flexibility index (Phi) is 2.84. The highest BCUT2D eigenvalue weighted by atomic mass is 35.5. The summed E-state index contributed by atoms with van der Waals surface area (Å²) < 4.78 is 5.80. The molecule has 0 bridgehead atoms. The molecule has 1 fully saturated rings. The van der Waals surface area contributed by atoms with E-state index < -0.39 is 0 Å². The molecule has 1 N–H and O–H groups in total. The Morgan fingerprint density at radius 2 is 2.57 bits per heavy atom. The van der Waals surface area contributed by atoms with E-state index in [1.54, 1.807) is 11.3 Å². The molecule has 78 valence electrons. The summed E-state index contributed by atoms with van der Waals surface area (Å²) in [5.74, 6) is 0. The van der Waals surface area contributed by atoms with E-state index in [0.29, 0.717) is 0 Å². The lowest BCUT2D eigenvalue weighted by Gasteiger charge is -2.21. The molecule has 0 aliphatic carbocycles. The number of rotatable bonds is 2. The lowest BCUT2D eigenvalue weighted by molar-refractivity contribution is -0.0607. The van der Waals surface area contributed by atoms with E-state index in [1.807, 2.05) is 18.4 Å². The molecule has 1 aromatic rings. The van der Waals surface area contributed by atoms with Crippen molar-refractivity contribution < 1.29 is 9.84 Å². The average molecular weight is 233 g/mol. The number of aliphatic hydroxyl groups is 1. The van der Waals surface area contributed by atoms with Crippen molar-refractivity contribution in [3.05, 3.63) is 21.3 Å². The fourth-order valence-corrected chi connectivity index (χ4v) is 2.86. The van der Waals surface area contributed by atoms with Crippen LogP contribution in [0, 0.1) is 0 Å². The van der Waals surface area contributed by atoms with Crippen LogP contribution in [0.2, 0.25) is 5.02 Å². The molecule has 2 unspecified atom stereocenters. The molecule has 1 aromatic heterocycles. The first-order chi connectivity index (χ1) is 6.63. The maximum atomic E-state index is 9.15. The fourth-order valence-electron chi connectivity index (χ4n) is 1.71. The van der Waals surface area contributed by atoms with Gasteiger partial charge in [0.2, 0.25) is 0 Å². The Balaban J connectivity index is 2.09. The molecular weight excluding hydrogens is 220 g/mol. The molecule has 1 aliphatic rings. The zero-order valence-corrected chi connectivity index (χ0v) is 9.57. The summed E-state index contributed by atoms with van der Waals surface area (Å²) in [5.41, 5.74) is -0.360. The van der Waals surface area contributed by atoms with E-state index in [0.717, 1.165) is 22.7 Å². The third kappa shape index (κ3) is 1.96. The molecule has 0 aromatic carbocycles. The van der Waals surface area contributed by atoms with Crippen molar-refractivity contribution in [1.82, 2.24) is 0 Å². The Labute approximate surface area is 92.5 Å². The van der Waals surface area contributed by atoms with E-state index >= 15 is 0 Å². The van der Waals surface area contributed by atoms with Gasteiger partial charge >= 0.3 is 0 Å². The van der Waals surface area contributed by atoms with Crippen LogP contribution in [0.3, 0.4) is 0 Å². The molecule has 2 atom stereocenters. The van der Waals surface area contributed by atoms with E-state index in [9.17, 15) is 0 Å². The Hall–Kier alpha value is -0.0900. The third-order valence-electron chi connectivity index (χ3n) is 2.60. The minimum absolute atomic E-state index is 0.0859. The van der Waals surface area contributed by atoms with Crippen molar-refractivity contribution in [2.75, 3.05) is 6.61 Å². The largest absolute Gasteiger partial charge is 0.393 e. The lowest BCUT2D eigenvalue weighted by Crippen LogP contribution is -2.27. The summed E-state index contributed by atoms with van der Waals surface area (Å²) in [5, 5.41) is 11.8. The minimum Gasteiger partial charge on any atom is -0.393 e. The van der Waals surface area contributed by atoms with Crippen LogP contribution in [0.15, 0.2) is 11.4 Å². The van der Waals surface area contributed by atoms with E-state index in [4.69, 9.17) is 21.4 Å². The number of halogens is 1. The van der Waals surface area contributed by atoms with Crippen LogP contribution in [-0.4, -0.2) is 17.3 Å². The van der Waals surface area contributed by atoms with Crippen molar-refractivity contribution >= 4 is 22.9 Å². The normalized spacial score (nSPS) is 32.4. The topological polar surface area (TPSA) is 29.5 Å². The first kappa shape index (κ1) is 10.4. The molecule has 0 radical (unpaired) electrons. The first-order valence-corrected chi connectivity index (χ1v) is 5.91. The van der Waals surface area contributed by atoms with Crippen molar-refractivity contribution in [2.24, 2.45) is 0 Å². The first-order valence-electron chi connectivity index (χ1n) is 4.65. The van der Waals surface area contributed by atoms with Gasteiger partial charge in [-0.3, -0.25) is 0 Å². The maximum Gasteiger partial charge on any atom is 0.0926 e. The Morgan fingerprint density at radius 1 is 1.79 bits per heavy atom. The number of thiophene rings is 1. The standard InChI is InChI=1S/C10H13ClO2S/c1-10(6-12)3-2-8(13-10)9-4-7(11)5-14-9/h4-5,8,12H,2-3,6H2,1H3. The van der Waals surface area contributed by atoms with Crippen LogP contribution in [0.4, 0.5) is 0 Å². The molecular formula is C10H13ClO2S. The third-order valence-corrected chi connectivity index (χ3v) is 3.97. The molecule has 2 heterocycles. The Bertz CT molecular complexity index is 326. The number of hydrogen-bond donors (Lipinski definition) is 1. The van der Waals surface area contributed by atoms with Crippen LogP contribution in [-0.2, 0) is 4.74 Å². The predicted molar refractivity (Wildman–Crippen MR) is 57.9 cm³/mol. The number of ether oxygens (including phenoxy) is 1. The summed E-state index contributed by atoms with van der Waals surface area (Å²) in [7, 11) is 0. The molecule has 0 amide bonds. The summed E-state index contributed by atoms with van der Waals surface area (Å²) in [6.07, 6.45) is 1.99. The minimum atomic E-state index is -0.360. The molecule has 0 spiro atoms. The van der Waals surface area contributed by atoms with Gasteiger partial charge in [-0.15, -0.1) is 11.3 Å². The monoisotopic (exact) mass is 232 g/mol. The number of aliphatic hydroxyl groups excluding tert-OH is 1. The van der Waals surface area contributed by atoms with Gasteiger partial charge in [0.1, 0.15) is 0 Å². The average Bonchev–Trinajstić information content (AvgIpc) is 2.73. The molecule has 0 saturated carbocycles. The van der Waals surface area contributed by atoms with Crippen molar-refractivity contribution in [3.63, 3.8) is 0 Å². The molecule has 1 saturated heterocycles. The highest BCUT2D eigenvalue weighted by molar-refractivity contribution is 7.10. The lowest BCUT2D eigenvalue weighted by atomic mass is 10.0. The SMILES string of the molecule is CC1(CO)CCC(c2cc(Cl)cs2)O1. The van der Waals surface area contributed by atoms with Crippen molar-refractivity contribution in [3.8, 4) is 0 Å². The van der Waals surface area contributed by atoms with Gasteiger partial charge in [0.05, 0.1) is 23.3 Å². The van der Waals surface area contributed by atoms with E-state index in [1.165, 1.54) is 0 Å². The van der Waals surface area contributed by atoms with Gasteiger partial charge in [0.15, 0.2) is 0 Å². The van der Waals surface area contributed by atoms with Gasteiger partial charge in [-0.25, -0.2) is 0 Å². The quantitative estimate of drug-likeness (QED) is 0.850. The summed E-state index contributed by atoms with van der Waals surface area (Å²) in [6, 6.07) is 1.94. The van der Waals surface area contributed by atoms with E-state index in [-0.39, 0.29) is 18.3 Å². The zero-order valence-electron chi connectivity index (χ0n) is 8.00. The predicted octanol–water partition coefficient (Wildman–Crippen LogP) is 3.00. The second-order valence-electron chi connectivity index (χ2n) is 3.92. The van der Waals surface area contributed by atoms with Crippen LogP contribution in [0.5, 0.6) is 0 Å². The molecule has 14 heavy (non-hydrogen) atoms. The van der Waals surface area contributed by atoms with Crippen LogP contribution in [0.25, 0.3) is 0 Å². The second kappa shape index (κ2) is 3.81. The summed E-state index contributed by atoms with van der Waals surface area (Å²) in [4.78, 5) is 1.16. The highest BCUT2D eigenvalue weighted by Crippen LogP contribution is 2.41. The van der Waals surface area contributed by atoms with Gasteiger partial charge in [0.25, 0.3) is 0 Å². The fraction of sp³-hybridized carbons (Fsp3) is 0.600. The maximum absolute atomic E-state index is 9.15. The van der Waals surface area contributed by atoms with Gasteiger partial charge in [-0.1, -0.05) is 11.6 Å². The molecule has 1 aliphatic heterocycles. The zero-order chi connectivity index (χ0) is 10.2. The van der Waals surface area contributed by atoms with Crippen molar-refractivity contribution in [1.29, 1.82) is 0 Å². The van der Waals surface area contributed by atoms with E-state index in [2.05, 4.69) is 0 Å². The van der Waals surface area contributed by atoms with Gasteiger partial charge in [-0.05, 0) is 25.8 Å². The summed E-state index contributed by atoms with van der Waals surface area (Å²) in [6.45, 7) is 2.03. The summed E-state index contributed by atoms with van der Waals surface area (Å²) >= 11 is 7.47. The second-order valence-corrected chi connectivity index (χ2v) is 5.30. The molecule has 2 nitrogen and oxygen atoms in total. The van der Waals surface area contributed by atoms with Crippen LogP contribution < -0.4 is 0 Å². The van der Waals surface area contributed by atoms with Crippen molar-refractivity contribution in [2.45, 2.75) is 31.5 Å². The van der Waals surface area contributed by atoms with Crippen LogP contribution in [0.1, 0.15) is 30.7 Å². The van der Waals surface area contributed by atoms with Gasteiger partial charge < -0.3 is 9.84 Å². The highest BCUT2D eigenvalue weighted by Gasteiger charge is 2.36. The van der Waals surface area contributed by atoms with Gasteiger partial charge in [-0.2, -0.15) is 0 Å². The Morgan fingerprint density at radius 3 is 3.07 bits per heavy atom. The molecule has 4 heteroatoms. The molecule has 2 rings (SSSR count). The van der Waals surface area contributed by atoms with Gasteiger partial charge in [0, 0.05) is 10.3 Å². The van der Waals surface area contributed by atoms with Crippen LogP contribution >= 0.6 is 22.9 Å².